The smallest absolute Gasteiger partial charge is 0.407 e. The molecule has 1 saturated heterocycles. The van der Waals surface area contributed by atoms with Gasteiger partial charge in [-0.3, -0.25) is 20.0 Å². The Hall–Kier alpha value is -5.01. The number of pyridine rings is 1. The average molecular weight is 744 g/mol. The van der Waals surface area contributed by atoms with E-state index in [0.29, 0.717) is 19.6 Å². The van der Waals surface area contributed by atoms with Gasteiger partial charge in [-0.2, -0.15) is 0 Å². The van der Waals surface area contributed by atoms with Crippen molar-refractivity contribution in [3.63, 3.8) is 0 Å². The second-order valence-corrected chi connectivity index (χ2v) is 16.1. The second kappa shape index (κ2) is 18.4. The molecule has 0 spiro atoms. The standard InChI is InChI=1S/C41H57N7O6/c1-28-16-15-21-31(42-28)26-46-22-23-48(39(46)53)35(41(5,6)7)37(51)43-32(24-29-17-11-9-12-18-29)33(49)27-47(25-30-19-13-10-14-20-30)45-36(50)34(40(2,3)4)44-38(52)54-8/h9-21,32-35,49H,22-27H2,1-8H3,(H,43,51)(H,44,52)(H,45,50)/t32-,33-,34+,35+/m0/s1. The van der Waals surface area contributed by atoms with E-state index in [1.807, 2.05) is 127 Å². The molecule has 4 atom stereocenters. The first-order valence-electron chi connectivity index (χ1n) is 18.4. The summed E-state index contributed by atoms with van der Waals surface area (Å²) in [7, 11) is 1.23. The highest BCUT2D eigenvalue weighted by molar-refractivity contribution is 5.89. The summed E-state index contributed by atoms with van der Waals surface area (Å²) >= 11 is 0. The maximum atomic E-state index is 14.4. The number of hydrazine groups is 1. The van der Waals surface area contributed by atoms with Crippen molar-refractivity contribution < 1.29 is 29.0 Å². The van der Waals surface area contributed by atoms with Gasteiger partial charge in [-0.25, -0.2) is 14.6 Å². The van der Waals surface area contributed by atoms with Crippen LogP contribution in [-0.4, -0.2) is 99.8 Å². The molecule has 54 heavy (non-hydrogen) atoms. The molecule has 1 aromatic heterocycles. The molecule has 1 aliphatic rings. The number of nitrogens with one attached hydrogen (secondary N) is 3. The number of hydrogen-bond acceptors (Lipinski definition) is 8. The number of rotatable bonds is 15. The normalized spacial score (nSPS) is 15.7. The molecular weight excluding hydrogens is 686 g/mol. The molecule has 0 saturated carbocycles. The van der Waals surface area contributed by atoms with Gasteiger partial charge in [0.1, 0.15) is 12.1 Å². The molecule has 292 valence electrons. The number of hydrogen-bond donors (Lipinski definition) is 4. The van der Waals surface area contributed by atoms with Gasteiger partial charge in [0.2, 0.25) is 5.91 Å². The first kappa shape index (κ1) is 41.7. The first-order valence-corrected chi connectivity index (χ1v) is 18.4. The summed E-state index contributed by atoms with van der Waals surface area (Å²) in [5.41, 5.74) is 4.97. The Bertz CT molecular complexity index is 1710. The summed E-state index contributed by atoms with van der Waals surface area (Å²) in [4.78, 5) is 62.1. The zero-order chi connectivity index (χ0) is 39.6. The highest BCUT2D eigenvalue weighted by Crippen LogP contribution is 2.29. The lowest BCUT2D eigenvalue weighted by atomic mass is 9.84. The van der Waals surface area contributed by atoms with Crippen molar-refractivity contribution in [2.75, 3.05) is 26.7 Å². The third kappa shape index (κ3) is 11.7. The number of carbonyl (C=O) groups excluding carboxylic acids is 4. The highest BCUT2D eigenvalue weighted by Gasteiger charge is 2.44. The molecule has 0 bridgehead atoms. The SMILES string of the molecule is COC(=O)N[C@H](C(=O)NN(Cc1ccccc1)C[C@H](O)[C@H](Cc1ccccc1)NC(=O)[C@@H](N1CCN(Cc2cccc(C)n2)C1=O)C(C)(C)C)C(C)(C)C. The van der Waals surface area contributed by atoms with Crippen LogP contribution in [0.3, 0.4) is 0 Å². The lowest BCUT2D eigenvalue weighted by Gasteiger charge is -2.38. The summed E-state index contributed by atoms with van der Waals surface area (Å²) in [5.74, 6) is -0.884. The van der Waals surface area contributed by atoms with Crippen LogP contribution in [0.15, 0.2) is 78.9 Å². The van der Waals surface area contributed by atoms with Gasteiger partial charge in [0.25, 0.3) is 5.91 Å². The zero-order valence-electron chi connectivity index (χ0n) is 32.8. The number of ether oxygens (including phenoxy) is 1. The summed E-state index contributed by atoms with van der Waals surface area (Å²) < 4.78 is 4.79. The minimum absolute atomic E-state index is 0.0758. The summed E-state index contributed by atoms with van der Waals surface area (Å²) in [6.45, 7) is 14.4. The molecule has 3 aromatic rings. The van der Waals surface area contributed by atoms with E-state index in [4.69, 9.17) is 4.74 Å². The van der Waals surface area contributed by atoms with Crippen molar-refractivity contribution in [1.29, 1.82) is 0 Å². The monoisotopic (exact) mass is 743 g/mol. The number of nitrogens with zero attached hydrogens (tertiary/aromatic N) is 4. The maximum absolute atomic E-state index is 14.4. The van der Waals surface area contributed by atoms with E-state index in [1.165, 1.54) is 7.11 Å². The number of urea groups is 1. The predicted molar refractivity (Wildman–Crippen MR) is 207 cm³/mol. The number of carbonyl (C=O) groups is 4. The summed E-state index contributed by atoms with van der Waals surface area (Å²) in [6.07, 6.45) is -1.64. The van der Waals surface area contributed by atoms with Crippen LogP contribution in [0.25, 0.3) is 0 Å². The minimum Gasteiger partial charge on any atom is -0.453 e. The third-order valence-corrected chi connectivity index (χ3v) is 9.36. The van der Waals surface area contributed by atoms with E-state index >= 15 is 0 Å². The molecule has 13 heteroatoms. The number of aryl methyl sites for hydroxylation is 1. The van der Waals surface area contributed by atoms with Crippen LogP contribution >= 0.6 is 0 Å². The van der Waals surface area contributed by atoms with Crippen LogP contribution < -0.4 is 16.1 Å². The molecule has 0 aliphatic carbocycles. The summed E-state index contributed by atoms with van der Waals surface area (Å²) in [6, 6.07) is 21.8. The zero-order valence-corrected chi connectivity index (χ0v) is 32.8. The van der Waals surface area contributed by atoms with E-state index < -0.39 is 47.1 Å². The van der Waals surface area contributed by atoms with Gasteiger partial charge in [-0.15, -0.1) is 0 Å². The number of aromatic nitrogens is 1. The third-order valence-electron chi connectivity index (χ3n) is 9.36. The number of methoxy groups -OCH3 is 1. The largest absolute Gasteiger partial charge is 0.453 e. The van der Waals surface area contributed by atoms with Crippen molar-refractivity contribution in [2.24, 2.45) is 10.8 Å². The molecule has 5 amide bonds. The molecule has 4 N–H and O–H groups in total. The fourth-order valence-corrected chi connectivity index (χ4v) is 6.67. The highest BCUT2D eigenvalue weighted by atomic mass is 16.5. The van der Waals surface area contributed by atoms with Gasteiger partial charge in [0.05, 0.1) is 31.5 Å². The van der Waals surface area contributed by atoms with Gasteiger partial charge >= 0.3 is 12.1 Å². The average Bonchev–Trinajstić information content (AvgIpc) is 3.44. The molecule has 1 fully saturated rings. The Morgan fingerprint density at radius 3 is 2.06 bits per heavy atom. The van der Waals surface area contributed by atoms with E-state index in [1.54, 1.807) is 14.8 Å². The molecular formula is C41H57N7O6. The Morgan fingerprint density at radius 1 is 0.852 bits per heavy atom. The molecule has 2 aromatic carbocycles. The quantitative estimate of drug-likeness (QED) is 0.167. The number of benzene rings is 2. The van der Waals surface area contributed by atoms with E-state index in [-0.39, 0.29) is 31.4 Å². The lowest BCUT2D eigenvalue weighted by Crippen LogP contribution is -2.61. The predicted octanol–water partition coefficient (Wildman–Crippen LogP) is 4.43. The van der Waals surface area contributed by atoms with Crippen molar-refractivity contribution in [1.82, 2.24) is 35.9 Å². The Labute approximate surface area is 319 Å². The Morgan fingerprint density at radius 2 is 1.48 bits per heavy atom. The van der Waals surface area contributed by atoms with Gasteiger partial charge in [0, 0.05) is 31.9 Å². The van der Waals surface area contributed by atoms with Crippen LogP contribution in [0.4, 0.5) is 9.59 Å². The van der Waals surface area contributed by atoms with Crippen LogP contribution in [0.5, 0.6) is 0 Å². The molecule has 2 heterocycles. The molecule has 13 nitrogen and oxygen atoms in total. The van der Waals surface area contributed by atoms with Gasteiger partial charge < -0.3 is 30.3 Å². The number of aliphatic hydroxyl groups is 1. The molecule has 0 radical (unpaired) electrons. The van der Waals surface area contributed by atoms with E-state index in [0.717, 1.165) is 22.5 Å². The van der Waals surface area contributed by atoms with Gasteiger partial charge in [0.15, 0.2) is 0 Å². The second-order valence-electron chi connectivity index (χ2n) is 16.1. The molecule has 1 aliphatic heterocycles. The number of aliphatic hydroxyl groups excluding tert-OH is 1. The van der Waals surface area contributed by atoms with Gasteiger partial charge in [-0.1, -0.05) is 108 Å². The number of alkyl carbamates (subject to hydrolysis) is 1. The molecule has 0 unspecified atom stereocenters. The Kier molecular flexibility index (Phi) is 14.2. The first-order chi connectivity index (χ1) is 25.5. The van der Waals surface area contributed by atoms with Crippen LogP contribution in [0.2, 0.25) is 0 Å². The number of amides is 5. The maximum Gasteiger partial charge on any atom is 0.407 e. The molecule has 4 rings (SSSR count). The van der Waals surface area contributed by atoms with Crippen LogP contribution in [0, 0.1) is 17.8 Å². The Balaban J connectivity index is 1.60. The van der Waals surface area contributed by atoms with E-state index in [2.05, 4.69) is 21.0 Å². The van der Waals surface area contributed by atoms with Crippen molar-refractivity contribution in [3.05, 3.63) is 101 Å². The fourth-order valence-electron chi connectivity index (χ4n) is 6.67. The van der Waals surface area contributed by atoms with Crippen LogP contribution in [0.1, 0.15) is 64.1 Å². The fraction of sp³-hybridized carbons (Fsp3) is 0.488. The van der Waals surface area contributed by atoms with Crippen LogP contribution in [-0.2, 0) is 33.8 Å². The van der Waals surface area contributed by atoms with E-state index in [9.17, 15) is 24.3 Å². The minimum atomic E-state index is -1.18. The van der Waals surface area contributed by atoms with Crippen molar-refractivity contribution in [3.8, 4) is 0 Å². The van der Waals surface area contributed by atoms with Crippen molar-refractivity contribution >= 4 is 23.9 Å². The summed E-state index contributed by atoms with van der Waals surface area (Å²) in [5, 5.41) is 19.3. The van der Waals surface area contributed by atoms with Crippen molar-refractivity contribution in [2.45, 2.75) is 92.2 Å². The van der Waals surface area contributed by atoms with Gasteiger partial charge in [-0.05, 0) is 47.4 Å². The topological polar surface area (TPSA) is 156 Å². The lowest BCUT2D eigenvalue weighted by molar-refractivity contribution is -0.133.